The quantitative estimate of drug-likeness (QED) is 0.893. The highest BCUT2D eigenvalue weighted by atomic mass is 16.5. The number of morpholine rings is 1. The molecule has 0 bridgehead atoms. The topological polar surface area (TPSA) is 53.6 Å². The summed E-state index contributed by atoms with van der Waals surface area (Å²) in [6, 6.07) is 8.58. The molecule has 23 heavy (non-hydrogen) atoms. The number of anilines is 1. The van der Waals surface area contributed by atoms with Crippen LogP contribution in [0.4, 0.5) is 5.69 Å². The van der Waals surface area contributed by atoms with Gasteiger partial charge >= 0.3 is 0 Å². The van der Waals surface area contributed by atoms with Gasteiger partial charge in [0.05, 0.1) is 19.3 Å². The summed E-state index contributed by atoms with van der Waals surface area (Å²) in [5.41, 5.74) is 2.15. The first kappa shape index (κ1) is 16.4. The van der Waals surface area contributed by atoms with Gasteiger partial charge in [0.15, 0.2) is 0 Å². The Morgan fingerprint density at radius 2 is 2.00 bits per heavy atom. The molecule has 1 unspecified atom stereocenters. The van der Waals surface area contributed by atoms with Crippen LogP contribution in [0.3, 0.4) is 0 Å². The van der Waals surface area contributed by atoms with E-state index in [2.05, 4.69) is 34.6 Å². The van der Waals surface area contributed by atoms with E-state index in [9.17, 15) is 4.79 Å². The van der Waals surface area contributed by atoms with Gasteiger partial charge in [-0.1, -0.05) is 18.6 Å². The number of carbonyl (C=O) groups is 1. The van der Waals surface area contributed by atoms with Crippen LogP contribution in [0.5, 0.6) is 0 Å². The van der Waals surface area contributed by atoms with Gasteiger partial charge in [-0.3, -0.25) is 9.69 Å². The lowest BCUT2D eigenvalue weighted by Gasteiger charge is -2.32. The number of carbonyl (C=O) groups excluding carboxylic acids is 1. The summed E-state index contributed by atoms with van der Waals surface area (Å²) < 4.78 is 5.41. The first-order chi connectivity index (χ1) is 11.2. The molecule has 2 atom stereocenters. The molecule has 5 nitrogen and oxygen atoms in total. The average molecular weight is 317 g/mol. The molecular formula is C18H27N3O2. The second-order valence-electron chi connectivity index (χ2n) is 6.44. The van der Waals surface area contributed by atoms with Gasteiger partial charge in [0.2, 0.25) is 5.91 Å². The normalized spacial score (nSPS) is 24.1. The number of piperidine rings is 1. The van der Waals surface area contributed by atoms with Crippen LogP contribution in [0.2, 0.25) is 0 Å². The van der Waals surface area contributed by atoms with E-state index in [-0.39, 0.29) is 11.9 Å². The van der Waals surface area contributed by atoms with Crippen LogP contribution in [0.25, 0.3) is 0 Å². The van der Waals surface area contributed by atoms with E-state index >= 15 is 0 Å². The van der Waals surface area contributed by atoms with Crippen LogP contribution in [-0.2, 0) is 9.53 Å². The molecule has 1 amide bonds. The molecular weight excluding hydrogens is 290 g/mol. The number of nitrogens with one attached hydrogen (secondary N) is 2. The van der Waals surface area contributed by atoms with Crippen molar-refractivity contribution in [2.45, 2.75) is 38.3 Å². The number of rotatable bonds is 4. The summed E-state index contributed by atoms with van der Waals surface area (Å²) in [5, 5.41) is 6.30. The minimum absolute atomic E-state index is 0.0456. The van der Waals surface area contributed by atoms with Gasteiger partial charge in [0, 0.05) is 24.8 Å². The maximum Gasteiger partial charge on any atom is 0.241 e. The first-order valence-corrected chi connectivity index (χ1v) is 8.70. The molecule has 2 N–H and O–H groups in total. The molecule has 0 aliphatic carbocycles. The summed E-state index contributed by atoms with van der Waals surface area (Å²) in [7, 11) is 0. The van der Waals surface area contributed by atoms with Crippen LogP contribution in [0.15, 0.2) is 24.3 Å². The van der Waals surface area contributed by atoms with Crippen LogP contribution >= 0.6 is 0 Å². The predicted molar refractivity (Wildman–Crippen MR) is 91.5 cm³/mol. The minimum Gasteiger partial charge on any atom is -0.379 e. The zero-order chi connectivity index (χ0) is 16.1. The fourth-order valence-corrected chi connectivity index (χ4v) is 3.33. The van der Waals surface area contributed by atoms with E-state index in [0.717, 1.165) is 57.8 Å². The maximum absolute atomic E-state index is 12.2. The van der Waals surface area contributed by atoms with E-state index in [1.165, 1.54) is 5.56 Å². The Morgan fingerprint density at radius 3 is 2.65 bits per heavy atom. The predicted octanol–water partition coefficient (Wildman–Crippen LogP) is 2.16. The lowest BCUT2D eigenvalue weighted by atomic mass is 10.0. The second-order valence-corrected chi connectivity index (χ2v) is 6.44. The van der Waals surface area contributed by atoms with E-state index in [1.807, 2.05) is 12.1 Å². The second kappa shape index (κ2) is 7.90. The summed E-state index contributed by atoms with van der Waals surface area (Å²) in [6.07, 6.45) is 3.22. The fourth-order valence-electron chi connectivity index (χ4n) is 3.33. The Kier molecular flexibility index (Phi) is 5.65. The van der Waals surface area contributed by atoms with E-state index < -0.39 is 0 Å². The minimum atomic E-state index is -0.0456. The van der Waals surface area contributed by atoms with Crippen LogP contribution in [0, 0.1) is 0 Å². The lowest BCUT2D eigenvalue weighted by molar-refractivity contribution is -0.118. The van der Waals surface area contributed by atoms with Crippen molar-refractivity contribution in [1.29, 1.82) is 0 Å². The maximum atomic E-state index is 12.2. The van der Waals surface area contributed by atoms with Gasteiger partial charge in [-0.05, 0) is 44.0 Å². The molecule has 1 aromatic rings. The highest BCUT2D eigenvalue weighted by Crippen LogP contribution is 2.23. The van der Waals surface area contributed by atoms with E-state index in [0.29, 0.717) is 6.04 Å². The summed E-state index contributed by atoms with van der Waals surface area (Å²) in [4.78, 5) is 14.7. The number of ether oxygens (including phenoxy) is 1. The molecule has 2 heterocycles. The summed E-state index contributed by atoms with van der Waals surface area (Å²) in [5.74, 6) is 0.0821. The smallest absolute Gasteiger partial charge is 0.241 e. The molecule has 1 aromatic carbocycles. The molecule has 3 rings (SSSR count). The number of benzene rings is 1. The monoisotopic (exact) mass is 317 g/mol. The van der Waals surface area contributed by atoms with Gasteiger partial charge in [-0.2, -0.15) is 0 Å². The fraction of sp³-hybridized carbons (Fsp3) is 0.611. The third-order valence-corrected chi connectivity index (χ3v) is 4.88. The van der Waals surface area contributed by atoms with Crippen LogP contribution in [-0.4, -0.2) is 49.7 Å². The van der Waals surface area contributed by atoms with Crippen LogP contribution in [0.1, 0.15) is 37.8 Å². The van der Waals surface area contributed by atoms with Crippen molar-refractivity contribution in [3.05, 3.63) is 29.8 Å². The Labute approximate surface area is 138 Å². The third-order valence-electron chi connectivity index (χ3n) is 4.88. The summed E-state index contributed by atoms with van der Waals surface area (Å²) in [6.45, 7) is 6.75. The van der Waals surface area contributed by atoms with Crippen molar-refractivity contribution in [3.8, 4) is 0 Å². The standard InChI is InChI=1S/C18H27N3O2/c1-14(21-10-12-23-13-11-21)15-5-7-16(8-6-15)20-18(22)17-4-2-3-9-19-17/h5-8,14,17,19H,2-4,9-13H2,1H3,(H,20,22)/t14?,17-/m1/s1. The number of nitrogens with zero attached hydrogens (tertiary/aromatic N) is 1. The molecule has 0 saturated carbocycles. The molecule has 0 aromatic heterocycles. The number of amides is 1. The molecule has 2 saturated heterocycles. The van der Waals surface area contributed by atoms with Crippen molar-refractivity contribution in [1.82, 2.24) is 10.2 Å². The van der Waals surface area contributed by atoms with Gasteiger partial charge in [-0.15, -0.1) is 0 Å². The Bertz CT molecular complexity index is 506. The molecule has 126 valence electrons. The molecule has 0 spiro atoms. The Balaban J connectivity index is 1.56. The highest BCUT2D eigenvalue weighted by Gasteiger charge is 2.21. The van der Waals surface area contributed by atoms with Crippen LogP contribution < -0.4 is 10.6 Å². The average Bonchev–Trinajstić information content (AvgIpc) is 2.63. The molecule has 2 aliphatic rings. The number of hydrogen-bond donors (Lipinski definition) is 2. The zero-order valence-corrected chi connectivity index (χ0v) is 13.9. The van der Waals surface area contributed by atoms with Crippen molar-refractivity contribution in [3.63, 3.8) is 0 Å². The number of hydrogen-bond acceptors (Lipinski definition) is 4. The SMILES string of the molecule is CC(c1ccc(NC(=O)[C@H]2CCCCN2)cc1)N1CCOCC1. The first-order valence-electron chi connectivity index (χ1n) is 8.70. The van der Waals surface area contributed by atoms with Crippen molar-refractivity contribution in [2.75, 3.05) is 38.2 Å². The van der Waals surface area contributed by atoms with Crippen molar-refractivity contribution >= 4 is 11.6 Å². The Hall–Kier alpha value is -1.43. The van der Waals surface area contributed by atoms with E-state index in [4.69, 9.17) is 4.74 Å². The lowest BCUT2D eigenvalue weighted by Crippen LogP contribution is -2.43. The molecule has 2 fully saturated rings. The van der Waals surface area contributed by atoms with Gasteiger partial charge in [0.25, 0.3) is 0 Å². The third kappa shape index (κ3) is 4.31. The van der Waals surface area contributed by atoms with Crippen molar-refractivity contribution < 1.29 is 9.53 Å². The van der Waals surface area contributed by atoms with Crippen molar-refractivity contribution in [2.24, 2.45) is 0 Å². The zero-order valence-electron chi connectivity index (χ0n) is 13.9. The van der Waals surface area contributed by atoms with Gasteiger partial charge in [-0.25, -0.2) is 0 Å². The van der Waals surface area contributed by atoms with E-state index in [1.54, 1.807) is 0 Å². The Morgan fingerprint density at radius 1 is 1.26 bits per heavy atom. The van der Waals surface area contributed by atoms with Gasteiger partial charge < -0.3 is 15.4 Å². The molecule has 2 aliphatic heterocycles. The van der Waals surface area contributed by atoms with Gasteiger partial charge in [0.1, 0.15) is 0 Å². The summed E-state index contributed by atoms with van der Waals surface area (Å²) >= 11 is 0. The molecule has 0 radical (unpaired) electrons. The molecule has 5 heteroatoms. The largest absolute Gasteiger partial charge is 0.379 e. The highest BCUT2D eigenvalue weighted by molar-refractivity contribution is 5.94.